The number of alkyl halides is 1. The van der Waals surface area contributed by atoms with Crippen LogP contribution in [0.4, 0.5) is 0 Å². The molecule has 3 heteroatoms. The summed E-state index contributed by atoms with van der Waals surface area (Å²) in [5, 5.41) is -0.168. The average molecular weight is 340 g/mol. The molecule has 1 nitrogen and oxygen atoms in total. The third-order valence-electron chi connectivity index (χ3n) is 3.21. The number of halogens is 2. The number of benzene rings is 2. The molecule has 0 bridgehead atoms. The van der Waals surface area contributed by atoms with E-state index in [1.165, 1.54) is 5.56 Å². The van der Waals surface area contributed by atoms with Gasteiger partial charge in [-0.2, -0.15) is 0 Å². The largest absolute Gasteiger partial charge is 0.496 e. The van der Waals surface area contributed by atoms with E-state index in [0.29, 0.717) is 0 Å². The van der Waals surface area contributed by atoms with Crippen LogP contribution in [0.3, 0.4) is 0 Å². The van der Waals surface area contributed by atoms with E-state index >= 15 is 0 Å². The van der Waals surface area contributed by atoms with Crippen LogP contribution in [0, 0.1) is 13.8 Å². The van der Waals surface area contributed by atoms with Crippen LogP contribution in [-0.4, -0.2) is 7.11 Å². The molecule has 0 N–H and O–H groups in total. The molecule has 0 fully saturated rings. The third-order valence-corrected chi connectivity index (χ3v) is 4.78. The lowest BCUT2D eigenvalue weighted by molar-refractivity contribution is 0.411. The highest BCUT2D eigenvalue weighted by molar-refractivity contribution is 9.10. The van der Waals surface area contributed by atoms with Crippen LogP contribution in [0.15, 0.2) is 40.9 Å². The molecule has 0 aliphatic rings. The van der Waals surface area contributed by atoms with Crippen LogP contribution in [0.5, 0.6) is 5.75 Å². The molecule has 2 aromatic carbocycles. The zero-order valence-corrected chi connectivity index (χ0v) is 13.5. The van der Waals surface area contributed by atoms with Crippen LogP contribution in [0.2, 0.25) is 0 Å². The molecule has 1 atom stereocenters. The Kier molecular flexibility index (Phi) is 4.54. The minimum Gasteiger partial charge on any atom is -0.496 e. The summed E-state index contributed by atoms with van der Waals surface area (Å²) in [5.41, 5.74) is 4.44. The first-order valence-electron chi connectivity index (χ1n) is 6.08. The molecule has 0 heterocycles. The minimum atomic E-state index is -0.168. The first-order chi connectivity index (χ1) is 9.04. The number of aryl methyl sites for hydroxylation is 2. The predicted octanol–water partition coefficient (Wildman–Crippen LogP) is 5.40. The molecule has 100 valence electrons. The Morgan fingerprint density at radius 1 is 1.11 bits per heavy atom. The van der Waals surface area contributed by atoms with Crippen LogP contribution in [0.1, 0.15) is 27.6 Å². The summed E-state index contributed by atoms with van der Waals surface area (Å²) in [6.07, 6.45) is 0. The molecule has 0 spiro atoms. The smallest absolute Gasteiger partial charge is 0.121 e. The molecule has 2 rings (SSSR count). The maximum atomic E-state index is 6.61. The van der Waals surface area contributed by atoms with Crippen LogP contribution < -0.4 is 4.74 Å². The van der Waals surface area contributed by atoms with Gasteiger partial charge in [0, 0.05) is 4.47 Å². The van der Waals surface area contributed by atoms with Crippen molar-refractivity contribution in [2.75, 3.05) is 7.11 Å². The van der Waals surface area contributed by atoms with Crippen LogP contribution in [-0.2, 0) is 0 Å². The quantitative estimate of drug-likeness (QED) is 0.680. The number of rotatable bonds is 3. The summed E-state index contributed by atoms with van der Waals surface area (Å²) in [6, 6.07) is 12.2. The second-order valence-corrected chi connectivity index (χ2v) is 5.80. The number of hydrogen-bond donors (Lipinski definition) is 0. The molecule has 0 aliphatic carbocycles. The second-order valence-electron chi connectivity index (χ2n) is 4.57. The van der Waals surface area contributed by atoms with Crippen molar-refractivity contribution in [1.29, 1.82) is 0 Å². The molecule has 0 saturated heterocycles. The highest BCUT2D eigenvalue weighted by atomic mass is 79.9. The third kappa shape index (κ3) is 2.96. The van der Waals surface area contributed by atoms with Gasteiger partial charge in [-0.25, -0.2) is 0 Å². The van der Waals surface area contributed by atoms with Crippen molar-refractivity contribution >= 4 is 27.5 Å². The van der Waals surface area contributed by atoms with E-state index in [2.05, 4.69) is 35.0 Å². The van der Waals surface area contributed by atoms with E-state index in [0.717, 1.165) is 26.9 Å². The maximum absolute atomic E-state index is 6.61. The van der Waals surface area contributed by atoms with E-state index in [4.69, 9.17) is 16.3 Å². The zero-order valence-electron chi connectivity index (χ0n) is 11.2. The fourth-order valence-electron chi connectivity index (χ4n) is 2.10. The predicted molar refractivity (Wildman–Crippen MR) is 84.3 cm³/mol. The van der Waals surface area contributed by atoms with Gasteiger partial charge < -0.3 is 4.74 Å². The van der Waals surface area contributed by atoms with Crippen molar-refractivity contribution < 1.29 is 4.74 Å². The van der Waals surface area contributed by atoms with E-state index in [-0.39, 0.29) is 5.38 Å². The monoisotopic (exact) mass is 338 g/mol. The van der Waals surface area contributed by atoms with Gasteiger partial charge in [-0.3, -0.25) is 0 Å². The highest BCUT2D eigenvalue weighted by Crippen LogP contribution is 2.36. The second kappa shape index (κ2) is 5.98. The first kappa shape index (κ1) is 14.4. The zero-order chi connectivity index (χ0) is 14.0. The summed E-state index contributed by atoms with van der Waals surface area (Å²) in [6.45, 7) is 4.09. The Bertz CT molecular complexity index is 595. The average Bonchev–Trinajstić information content (AvgIpc) is 2.41. The minimum absolute atomic E-state index is 0.168. The van der Waals surface area contributed by atoms with E-state index < -0.39 is 0 Å². The molecule has 0 aliphatic heterocycles. The van der Waals surface area contributed by atoms with Gasteiger partial charge in [0.25, 0.3) is 0 Å². The molecule has 0 saturated carbocycles. The Morgan fingerprint density at radius 2 is 1.84 bits per heavy atom. The molecule has 1 unspecified atom stereocenters. The topological polar surface area (TPSA) is 9.23 Å². The normalized spacial score (nSPS) is 12.3. The van der Waals surface area contributed by atoms with Crippen molar-refractivity contribution in [1.82, 2.24) is 0 Å². The van der Waals surface area contributed by atoms with Crippen molar-refractivity contribution in [2.45, 2.75) is 19.2 Å². The van der Waals surface area contributed by atoms with Gasteiger partial charge in [0.1, 0.15) is 5.75 Å². The Balaban J connectivity index is 2.41. The highest BCUT2D eigenvalue weighted by Gasteiger charge is 2.15. The van der Waals surface area contributed by atoms with Gasteiger partial charge in [0.05, 0.1) is 12.5 Å². The molecule has 2 aromatic rings. The number of ether oxygens (including phenoxy) is 1. The van der Waals surface area contributed by atoms with Gasteiger partial charge in [0.15, 0.2) is 0 Å². The Morgan fingerprint density at radius 3 is 2.47 bits per heavy atom. The van der Waals surface area contributed by atoms with Crippen molar-refractivity contribution in [3.8, 4) is 5.75 Å². The lowest BCUT2D eigenvalue weighted by atomic mass is 10.0. The lowest BCUT2D eigenvalue weighted by Crippen LogP contribution is -1.97. The Hall–Kier alpha value is -0.990. The molecule has 19 heavy (non-hydrogen) atoms. The van der Waals surface area contributed by atoms with Gasteiger partial charge in [0.2, 0.25) is 0 Å². The Labute approximate surface area is 127 Å². The van der Waals surface area contributed by atoms with Crippen molar-refractivity contribution in [3.05, 3.63) is 63.1 Å². The fraction of sp³-hybridized carbons (Fsp3) is 0.250. The summed E-state index contributed by atoms with van der Waals surface area (Å²) in [4.78, 5) is 0. The summed E-state index contributed by atoms with van der Waals surface area (Å²) in [7, 11) is 1.68. The van der Waals surface area contributed by atoms with Gasteiger partial charge in [-0.1, -0.05) is 46.3 Å². The van der Waals surface area contributed by atoms with E-state index in [9.17, 15) is 0 Å². The van der Waals surface area contributed by atoms with Gasteiger partial charge >= 0.3 is 0 Å². The maximum Gasteiger partial charge on any atom is 0.121 e. The van der Waals surface area contributed by atoms with Gasteiger partial charge in [-0.05, 0) is 42.2 Å². The number of hydrogen-bond acceptors (Lipinski definition) is 1. The van der Waals surface area contributed by atoms with Gasteiger partial charge in [-0.15, -0.1) is 11.6 Å². The van der Waals surface area contributed by atoms with E-state index in [1.54, 1.807) is 7.11 Å². The molecule has 0 radical (unpaired) electrons. The lowest BCUT2D eigenvalue weighted by Gasteiger charge is -2.15. The first-order valence-corrected chi connectivity index (χ1v) is 7.31. The molecule has 0 amide bonds. The molecular formula is C16H16BrClO. The molecular weight excluding hydrogens is 324 g/mol. The van der Waals surface area contributed by atoms with Crippen LogP contribution in [0.25, 0.3) is 0 Å². The standard InChI is InChI=1S/C16H16BrClO/c1-10-5-4-6-13(15(10)17)16(18)12-7-8-14(19-3)11(2)9-12/h4-9,16H,1-3H3. The fourth-order valence-corrected chi connectivity index (χ4v) is 3.05. The molecule has 0 aromatic heterocycles. The van der Waals surface area contributed by atoms with E-state index in [1.807, 2.05) is 31.2 Å². The van der Waals surface area contributed by atoms with Crippen LogP contribution >= 0.6 is 27.5 Å². The number of methoxy groups -OCH3 is 1. The van der Waals surface area contributed by atoms with Crippen molar-refractivity contribution in [2.24, 2.45) is 0 Å². The van der Waals surface area contributed by atoms with Crippen molar-refractivity contribution in [3.63, 3.8) is 0 Å². The summed E-state index contributed by atoms with van der Waals surface area (Å²) >= 11 is 10.2. The SMILES string of the molecule is COc1ccc(C(Cl)c2cccc(C)c2Br)cc1C. The summed E-state index contributed by atoms with van der Waals surface area (Å²) < 4.78 is 6.35. The summed E-state index contributed by atoms with van der Waals surface area (Å²) in [5.74, 6) is 0.885.